The van der Waals surface area contributed by atoms with Crippen LogP contribution in [0, 0.1) is 0 Å². The lowest BCUT2D eigenvalue weighted by Crippen LogP contribution is -2.04. The van der Waals surface area contributed by atoms with Crippen molar-refractivity contribution in [1.29, 1.82) is 0 Å². The maximum absolute atomic E-state index is 5.81. The van der Waals surface area contributed by atoms with Crippen LogP contribution in [0.15, 0.2) is 48.7 Å². The SMILES string of the molecule is CNc1ccc(OC(C)c2ccccn2)cc1. The number of rotatable bonds is 4. The van der Waals surface area contributed by atoms with Gasteiger partial charge in [0.1, 0.15) is 11.9 Å². The Morgan fingerprint density at radius 1 is 1.12 bits per heavy atom. The second-order valence-electron chi connectivity index (χ2n) is 3.79. The standard InChI is InChI=1S/C14H16N2O/c1-11(14-5-3-4-10-16-14)17-13-8-6-12(15-2)7-9-13/h3-11,15H,1-2H3. The molecular weight excluding hydrogens is 212 g/mol. The van der Waals surface area contributed by atoms with E-state index < -0.39 is 0 Å². The van der Waals surface area contributed by atoms with E-state index in [4.69, 9.17) is 4.74 Å². The molecule has 1 atom stereocenters. The van der Waals surface area contributed by atoms with Gasteiger partial charge < -0.3 is 10.1 Å². The highest BCUT2D eigenvalue weighted by atomic mass is 16.5. The minimum Gasteiger partial charge on any atom is -0.484 e. The number of nitrogens with one attached hydrogen (secondary N) is 1. The maximum Gasteiger partial charge on any atom is 0.138 e. The fourth-order valence-electron chi connectivity index (χ4n) is 1.58. The summed E-state index contributed by atoms with van der Waals surface area (Å²) in [6, 6.07) is 13.7. The third-order valence-electron chi connectivity index (χ3n) is 2.56. The van der Waals surface area contributed by atoms with E-state index in [-0.39, 0.29) is 6.10 Å². The first-order valence-electron chi connectivity index (χ1n) is 5.65. The van der Waals surface area contributed by atoms with Gasteiger partial charge in [-0.05, 0) is 43.3 Å². The molecule has 0 aliphatic heterocycles. The van der Waals surface area contributed by atoms with Crippen molar-refractivity contribution in [3.05, 3.63) is 54.4 Å². The highest BCUT2D eigenvalue weighted by Gasteiger charge is 2.07. The molecule has 0 saturated carbocycles. The average molecular weight is 228 g/mol. The summed E-state index contributed by atoms with van der Waals surface area (Å²) in [4.78, 5) is 4.27. The average Bonchev–Trinajstić information content (AvgIpc) is 2.40. The summed E-state index contributed by atoms with van der Waals surface area (Å²) < 4.78 is 5.81. The van der Waals surface area contributed by atoms with Crippen molar-refractivity contribution in [2.45, 2.75) is 13.0 Å². The van der Waals surface area contributed by atoms with Crippen LogP contribution in [0.25, 0.3) is 0 Å². The van der Waals surface area contributed by atoms with Crippen LogP contribution in [0.1, 0.15) is 18.7 Å². The molecule has 0 bridgehead atoms. The summed E-state index contributed by atoms with van der Waals surface area (Å²) in [5.74, 6) is 0.849. The van der Waals surface area contributed by atoms with Gasteiger partial charge >= 0.3 is 0 Å². The molecule has 88 valence electrons. The minimum absolute atomic E-state index is 0.0448. The number of anilines is 1. The summed E-state index contributed by atoms with van der Waals surface area (Å²) in [6.07, 6.45) is 1.73. The molecule has 1 heterocycles. The molecule has 0 aliphatic rings. The molecular formula is C14H16N2O. The van der Waals surface area contributed by atoms with Gasteiger partial charge in [-0.15, -0.1) is 0 Å². The Hall–Kier alpha value is -2.03. The van der Waals surface area contributed by atoms with Gasteiger partial charge in [0.2, 0.25) is 0 Å². The van der Waals surface area contributed by atoms with Crippen LogP contribution in [0.5, 0.6) is 5.75 Å². The highest BCUT2D eigenvalue weighted by molar-refractivity contribution is 5.45. The smallest absolute Gasteiger partial charge is 0.138 e. The summed E-state index contributed by atoms with van der Waals surface area (Å²) in [5.41, 5.74) is 2.01. The summed E-state index contributed by atoms with van der Waals surface area (Å²) in [7, 11) is 1.90. The number of hydrogen-bond acceptors (Lipinski definition) is 3. The van der Waals surface area contributed by atoms with E-state index in [1.54, 1.807) is 6.20 Å². The number of ether oxygens (including phenoxy) is 1. The van der Waals surface area contributed by atoms with Crippen LogP contribution in [0.2, 0.25) is 0 Å². The van der Waals surface area contributed by atoms with Crippen molar-refractivity contribution in [3.8, 4) is 5.75 Å². The van der Waals surface area contributed by atoms with Gasteiger partial charge in [0.15, 0.2) is 0 Å². The third kappa shape index (κ3) is 2.97. The van der Waals surface area contributed by atoms with Crippen molar-refractivity contribution >= 4 is 5.69 Å². The Balaban J connectivity index is 2.05. The fraction of sp³-hybridized carbons (Fsp3) is 0.214. The van der Waals surface area contributed by atoms with Crippen molar-refractivity contribution in [3.63, 3.8) is 0 Å². The van der Waals surface area contributed by atoms with Crippen LogP contribution in [-0.2, 0) is 0 Å². The van der Waals surface area contributed by atoms with Gasteiger partial charge in [-0.3, -0.25) is 4.98 Å². The zero-order valence-electron chi connectivity index (χ0n) is 10.1. The van der Waals surface area contributed by atoms with E-state index in [2.05, 4.69) is 10.3 Å². The minimum atomic E-state index is -0.0448. The molecule has 3 heteroatoms. The van der Waals surface area contributed by atoms with Crippen LogP contribution in [-0.4, -0.2) is 12.0 Å². The van der Waals surface area contributed by atoms with E-state index in [1.165, 1.54) is 0 Å². The van der Waals surface area contributed by atoms with E-state index in [0.717, 1.165) is 17.1 Å². The first-order valence-corrected chi connectivity index (χ1v) is 5.65. The van der Waals surface area contributed by atoms with Gasteiger partial charge in [-0.1, -0.05) is 6.07 Å². The van der Waals surface area contributed by atoms with Crippen molar-refractivity contribution in [2.75, 3.05) is 12.4 Å². The van der Waals surface area contributed by atoms with Gasteiger partial charge in [0.05, 0.1) is 5.69 Å². The quantitative estimate of drug-likeness (QED) is 0.872. The summed E-state index contributed by atoms with van der Waals surface area (Å²) >= 11 is 0. The highest BCUT2D eigenvalue weighted by Crippen LogP contribution is 2.21. The summed E-state index contributed by atoms with van der Waals surface area (Å²) in [6.45, 7) is 1.99. The van der Waals surface area contributed by atoms with Crippen LogP contribution in [0.4, 0.5) is 5.69 Å². The molecule has 0 fully saturated rings. The van der Waals surface area contributed by atoms with E-state index in [9.17, 15) is 0 Å². The molecule has 0 spiro atoms. The zero-order chi connectivity index (χ0) is 12.1. The van der Waals surface area contributed by atoms with Gasteiger partial charge in [0, 0.05) is 18.9 Å². The second kappa shape index (κ2) is 5.34. The number of benzene rings is 1. The molecule has 0 radical (unpaired) electrons. The molecule has 3 nitrogen and oxygen atoms in total. The Bertz CT molecular complexity index is 453. The molecule has 0 aliphatic carbocycles. The molecule has 1 aromatic carbocycles. The maximum atomic E-state index is 5.81. The van der Waals surface area contributed by atoms with Crippen molar-refractivity contribution < 1.29 is 4.74 Å². The number of pyridine rings is 1. The lowest BCUT2D eigenvalue weighted by Gasteiger charge is -2.14. The van der Waals surface area contributed by atoms with Crippen LogP contribution < -0.4 is 10.1 Å². The molecule has 1 N–H and O–H groups in total. The predicted octanol–water partition coefficient (Wildman–Crippen LogP) is 3.26. The lowest BCUT2D eigenvalue weighted by molar-refractivity contribution is 0.222. The Labute approximate surface area is 101 Å². The topological polar surface area (TPSA) is 34.1 Å². The van der Waals surface area contributed by atoms with E-state index >= 15 is 0 Å². The zero-order valence-corrected chi connectivity index (χ0v) is 10.1. The van der Waals surface area contributed by atoms with Gasteiger partial charge in [-0.2, -0.15) is 0 Å². The molecule has 2 rings (SSSR count). The molecule has 1 aromatic heterocycles. The first-order chi connectivity index (χ1) is 8.29. The van der Waals surface area contributed by atoms with E-state index in [1.807, 2.05) is 56.4 Å². The first kappa shape index (κ1) is 11.5. The molecule has 2 aromatic rings. The molecule has 17 heavy (non-hydrogen) atoms. The molecule has 1 unspecified atom stereocenters. The predicted molar refractivity (Wildman–Crippen MR) is 69.3 cm³/mol. The molecule has 0 saturated heterocycles. The van der Waals surface area contributed by atoms with Crippen molar-refractivity contribution in [2.24, 2.45) is 0 Å². The number of nitrogens with zero attached hydrogens (tertiary/aromatic N) is 1. The van der Waals surface area contributed by atoms with E-state index in [0.29, 0.717) is 0 Å². The Kier molecular flexibility index (Phi) is 3.60. The third-order valence-corrected chi connectivity index (χ3v) is 2.56. The summed E-state index contributed by atoms with van der Waals surface area (Å²) in [5, 5.41) is 3.07. The number of aromatic nitrogens is 1. The van der Waals surface area contributed by atoms with Gasteiger partial charge in [0.25, 0.3) is 0 Å². The second-order valence-corrected chi connectivity index (χ2v) is 3.79. The lowest BCUT2D eigenvalue weighted by atomic mass is 10.2. The normalized spacial score (nSPS) is 11.9. The van der Waals surface area contributed by atoms with Crippen molar-refractivity contribution in [1.82, 2.24) is 4.98 Å². The number of hydrogen-bond donors (Lipinski definition) is 1. The van der Waals surface area contributed by atoms with Crippen LogP contribution >= 0.6 is 0 Å². The van der Waals surface area contributed by atoms with Crippen LogP contribution in [0.3, 0.4) is 0 Å². The Morgan fingerprint density at radius 2 is 1.88 bits per heavy atom. The van der Waals surface area contributed by atoms with Gasteiger partial charge in [-0.25, -0.2) is 0 Å². The monoisotopic (exact) mass is 228 g/mol. The fourth-order valence-corrected chi connectivity index (χ4v) is 1.58. The Morgan fingerprint density at radius 3 is 2.47 bits per heavy atom. The molecule has 0 amide bonds. The largest absolute Gasteiger partial charge is 0.484 e.